The summed E-state index contributed by atoms with van der Waals surface area (Å²) in [6, 6.07) is 12.1. The minimum atomic E-state index is 0.441. The maximum atomic E-state index is 5.58. The summed E-state index contributed by atoms with van der Waals surface area (Å²) in [6.07, 6.45) is 3.64. The molecule has 0 aliphatic rings. The van der Waals surface area contributed by atoms with Gasteiger partial charge < -0.3 is 5.73 Å². The van der Waals surface area contributed by atoms with E-state index in [0.29, 0.717) is 4.99 Å². The predicted molar refractivity (Wildman–Crippen MR) is 81.7 cm³/mol. The third-order valence-electron chi connectivity index (χ3n) is 2.89. The minimum absolute atomic E-state index is 0.441. The highest BCUT2D eigenvalue weighted by Crippen LogP contribution is 2.09. The molecule has 3 nitrogen and oxygen atoms in total. The summed E-state index contributed by atoms with van der Waals surface area (Å²) in [4.78, 5) is 6.72. The van der Waals surface area contributed by atoms with E-state index in [-0.39, 0.29) is 0 Å². The molecule has 19 heavy (non-hydrogen) atoms. The number of nitrogens with two attached hydrogens (primary N) is 1. The maximum absolute atomic E-state index is 5.58. The number of thiocarbonyl (C=S) groups is 1. The van der Waals surface area contributed by atoms with Crippen molar-refractivity contribution in [1.82, 2.24) is 9.88 Å². The van der Waals surface area contributed by atoms with Crippen LogP contribution in [0.25, 0.3) is 0 Å². The van der Waals surface area contributed by atoms with Gasteiger partial charge in [0.2, 0.25) is 0 Å². The number of benzene rings is 1. The molecule has 4 heteroatoms. The summed E-state index contributed by atoms with van der Waals surface area (Å²) < 4.78 is 0. The smallest absolute Gasteiger partial charge is 0.103 e. The Labute approximate surface area is 119 Å². The molecule has 0 aliphatic heterocycles. The lowest BCUT2D eigenvalue weighted by molar-refractivity contribution is 0.319. The fourth-order valence-corrected chi connectivity index (χ4v) is 2.08. The molecule has 0 radical (unpaired) electrons. The van der Waals surface area contributed by atoms with Crippen molar-refractivity contribution in [2.75, 3.05) is 7.05 Å². The van der Waals surface area contributed by atoms with Crippen molar-refractivity contribution in [3.05, 3.63) is 65.5 Å². The Kier molecular flexibility index (Phi) is 4.60. The van der Waals surface area contributed by atoms with E-state index in [1.165, 1.54) is 11.1 Å². The van der Waals surface area contributed by atoms with Gasteiger partial charge in [-0.25, -0.2) is 0 Å². The highest BCUT2D eigenvalue weighted by atomic mass is 32.1. The van der Waals surface area contributed by atoms with Crippen molar-refractivity contribution in [2.24, 2.45) is 5.73 Å². The number of pyridine rings is 1. The number of nitrogens with zero attached hydrogens (tertiary/aromatic N) is 2. The van der Waals surface area contributed by atoms with Crippen molar-refractivity contribution in [1.29, 1.82) is 0 Å². The molecule has 1 heterocycles. The zero-order chi connectivity index (χ0) is 13.7. The van der Waals surface area contributed by atoms with E-state index >= 15 is 0 Å². The third-order valence-corrected chi connectivity index (χ3v) is 3.13. The van der Waals surface area contributed by atoms with Crippen LogP contribution in [0.15, 0.2) is 48.8 Å². The zero-order valence-corrected chi connectivity index (χ0v) is 11.7. The molecule has 1 aromatic carbocycles. The van der Waals surface area contributed by atoms with Crippen molar-refractivity contribution >= 4 is 17.2 Å². The molecule has 98 valence electrons. The summed E-state index contributed by atoms with van der Waals surface area (Å²) in [6.45, 7) is 1.79. The van der Waals surface area contributed by atoms with Gasteiger partial charge in [-0.3, -0.25) is 9.88 Å². The largest absolute Gasteiger partial charge is 0.389 e. The van der Waals surface area contributed by atoms with Crippen LogP contribution in [-0.4, -0.2) is 21.9 Å². The molecule has 2 N–H and O–H groups in total. The van der Waals surface area contributed by atoms with Crippen LogP contribution in [0.3, 0.4) is 0 Å². The molecule has 0 atom stereocenters. The van der Waals surface area contributed by atoms with Crippen LogP contribution in [0.2, 0.25) is 0 Å². The van der Waals surface area contributed by atoms with E-state index in [9.17, 15) is 0 Å². The number of rotatable bonds is 5. The highest BCUT2D eigenvalue weighted by Gasteiger charge is 2.02. The SMILES string of the molecule is CN(Cc1ccncc1)Cc1ccc(C(N)=S)cc1. The molecule has 2 rings (SSSR count). The molecule has 0 saturated heterocycles. The molecule has 1 aromatic heterocycles. The van der Waals surface area contributed by atoms with Crippen molar-refractivity contribution in [2.45, 2.75) is 13.1 Å². The van der Waals surface area contributed by atoms with Gasteiger partial charge in [-0.2, -0.15) is 0 Å². The van der Waals surface area contributed by atoms with Gasteiger partial charge in [0.1, 0.15) is 4.99 Å². The summed E-state index contributed by atoms with van der Waals surface area (Å²) >= 11 is 4.94. The van der Waals surface area contributed by atoms with Gasteiger partial charge in [-0.05, 0) is 30.3 Å². The Balaban J connectivity index is 1.95. The van der Waals surface area contributed by atoms with Gasteiger partial charge in [-0.1, -0.05) is 36.5 Å². The van der Waals surface area contributed by atoms with Crippen molar-refractivity contribution in [3.63, 3.8) is 0 Å². The second-order valence-corrected chi connectivity index (χ2v) is 5.03. The van der Waals surface area contributed by atoms with Crippen molar-refractivity contribution in [3.8, 4) is 0 Å². The summed E-state index contributed by atoms with van der Waals surface area (Å²) in [5, 5.41) is 0. The molecular formula is C15H17N3S. The molecule has 0 spiro atoms. The molecule has 0 bridgehead atoms. The van der Waals surface area contributed by atoms with E-state index in [1.807, 2.05) is 36.7 Å². The first-order chi connectivity index (χ1) is 9.15. The quantitative estimate of drug-likeness (QED) is 0.848. The fourth-order valence-electron chi connectivity index (χ4n) is 1.94. The second kappa shape index (κ2) is 6.41. The minimum Gasteiger partial charge on any atom is -0.389 e. The molecule has 0 saturated carbocycles. The Morgan fingerprint density at radius 3 is 2.11 bits per heavy atom. The predicted octanol–water partition coefficient (Wildman–Crippen LogP) is 2.35. The first-order valence-electron chi connectivity index (χ1n) is 6.11. The van der Waals surface area contributed by atoms with E-state index < -0.39 is 0 Å². The van der Waals surface area contributed by atoms with Crippen LogP contribution in [0.4, 0.5) is 0 Å². The molecule has 0 unspecified atom stereocenters. The number of hydrogen-bond donors (Lipinski definition) is 1. The van der Waals surface area contributed by atoms with Crippen LogP contribution >= 0.6 is 12.2 Å². The van der Waals surface area contributed by atoms with Gasteiger partial charge in [0.05, 0.1) is 0 Å². The van der Waals surface area contributed by atoms with Gasteiger partial charge in [0.25, 0.3) is 0 Å². The molecular weight excluding hydrogens is 254 g/mol. The molecule has 0 aliphatic carbocycles. The lowest BCUT2D eigenvalue weighted by Crippen LogP contribution is -2.17. The fraction of sp³-hybridized carbons (Fsp3) is 0.200. The van der Waals surface area contributed by atoms with Gasteiger partial charge in [0, 0.05) is 31.0 Å². The van der Waals surface area contributed by atoms with Crippen LogP contribution in [0, 0.1) is 0 Å². The Morgan fingerprint density at radius 1 is 1.05 bits per heavy atom. The van der Waals surface area contributed by atoms with E-state index in [2.05, 4.69) is 29.1 Å². The van der Waals surface area contributed by atoms with Gasteiger partial charge in [-0.15, -0.1) is 0 Å². The summed E-state index contributed by atoms with van der Waals surface area (Å²) in [5.41, 5.74) is 9.00. The van der Waals surface area contributed by atoms with Gasteiger partial charge in [0.15, 0.2) is 0 Å². The Bertz CT molecular complexity index is 537. The average molecular weight is 271 g/mol. The average Bonchev–Trinajstić information content (AvgIpc) is 2.40. The lowest BCUT2D eigenvalue weighted by atomic mass is 10.1. The van der Waals surface area contributed by atoms with E-state index in [1.54, 1.807) is 0 Å². The van der Waals surface area contributed by atoms with Crippen LogP contribution in [0.5, 0.6) is 0 Å². The van der Waals surface area contributed by atoms with Crippen LogP contribution in [0.1, 0.15) is 16.7 Å². The van der Waals surface area contributed by atoms with Crippen molar-refractivity contribution < 1.29 is 0 Å². The molecule has 0 amide bonds. The van der Waals surface area contributed by atoms with Crippen LogP contribution < -0.4 is 5.73 Å². The third kappa shape index (κ3) is 4.12. The van der Waals surface area contributed by atoms with E-state index in [0.717, 1.165) is 18.7 Å². The topological polar surface area (TPSA) is 42.2 Å². The lowest BCUT2D eigenvalue weighted by Gasteiger charge is -2.16. The second-order valence-electron chi connectivity index (χ2n) is 4.59. The normalized spacial score (nSPS) is 10.6. The molecule has 2 aromatic rings. The summed E-state index contributed by atoms with van der Waals surface area (Å²) in [7, 11) is 2.10. The number of hydrogen-bond acceptors (Lipinski definition) is 3. The number of aromatic nitrogens is 1. The Hall–Kier alpha value is -1.78. The first kappa shape index (κ1) is 13.6. The highest BCUT2D eigenvalue weighted by molar-refractivity contribution is 7.80. The Morgan fingerprint density at radius 2 is 1.58 bits per heavy atom. The van der Waals surface area contributed by atoms with E-state index in [4.69, 9.17) is 18.0 Å². The molecule has 0 fully saturated rings. The first-order valence-corrected chi connectivity index (χ1v) is 6.52. The maximum Gasteiger partial charge on any atom is 0.103 e. The van der Waals surface area contributed by atoms with Crippen LogP contribution in [-0.2, 0) is 13.1 Å². The standard InChI is InChI=1S/C15H17N3S/c1-18(11-13-6-8-17-9-7-13)10-12-2-4-14(5-3-12)15(16)19/h2-9H,10-11H2,1H3,(H2,16,19). The van der Waals surface area contributed by atoms with Gasteiger partial charge >= 0.3 is 0 Å². The monoisotopic (exact) mass is 271 g/mol. The summed E-state index contributed by atoms with van der Waals surface area (Å²) in [5.74, 6) is 0. The zero-order valence-electron chi connectivity index (χ0n) is 10.9.